The molecular formula is C15H23NO2. The second kappa shape index (κ2) is 5.72. The van der Waals surface area contributed by atoms with Gasteiger partial charge in [-0.15, -0.1) is 0 Å². The zero-order valence-electron chi connectivity index (χ0n) is 11.5. The van der Waals surface area contributed by atoms with Crippen molar-refractivity contribution in [2.24, 2.45) is 5.92 Å². The van der Waals surface area contributed by atoms with Crippen molar-refractivity contribution >= 4 is 0 Å². The Labute approximate surface area is 109 Å². The number of ether oxygens (including phenoxy) is 1. The van der Waals surface area contributed by atoms with Gasteiger partial charge in [0.25, 0.3) is 0 Å². The summed E-state index contributed by atoms with van der Waals surface area (Å²) in [5.41, 5.74) is 1.24. The number of hydrogen-bond donors (Lipinski definition) is 1. The fourth-order valence-electron chi connectivity index (χ4n) is 2.52. The van der Waals surface area contributed by atoms with Crippen LogP contribution >= 0.6 is 0 Å². The van der Waals surface area contributed by atoms with Crippen molar-refractivity contribution in [2.75, 3.05) is 13.2 Å². The van der Waals surface area contributed by atoms with Crippen LogP contribution in [0.4, 0.5) is 0 Å². The monoisotopic (exact) mass is 249 g/mol. The number of benzene rings is 1. The summed E-state index contributed by atoms with van der Waals surface area (Å²) in [6.07, 6.45) is 0.303. The number of aromatic hydroxyl groups is 1. The second-order valence-corrected chi connectivity index (χ2v) is 5.55. The summed E-state index contributed by atoms with van der Waals surface area (Å²) in [6.45, 7) is 9.33. The normalized spacial score (nSPS) is 25.6. The number of morpholine rings is 1. The first-order valence-corrected chi connectivity index (χ1v) is 6.70. The molecule has 2 unspecified atom stereocenters. The number of phenols is 1. The van der Waals surface area contributed by atoms with Gasteiger partial charge >= 0.3 is 0 Å². The molecule has 0 aliphatic carbocycles. The SMILES string of the molecule is CC1CN(Cc2ccc(O)cc2)C(C(C)C)CO1. The highest BCUT2D eigenvalue weighted by Gasteiger charge is 2.28. The van der Waals surface area contributed by atoms with E-state index in [0.717, 1.165) is 19.7 Å². The highest BCUT2D eigenvalue weighted by molar-refractivity contribution is 5.25. The summed E-state index contributed by atoms with van der Waals surface area (Å²) >= 11 is 0. The molecule has 1 aliphatic rings. The van der Waals surface area contributed by atoms with Crippen molar-refractivity contribution in [3.63, 3.8) is 0 Å². The van der Waals surface area contributed by atoms with Gasteiger partial charge in [-0.3, -0.25) is 4.90 Å². The summed E-state index contributed by atoms with van der Waals surface area (Å²) < 4.78 is 5.76. The zero-order valence-corrected chi connectivity index (χ0v) is 11.5. The Morgan fingerprint density at radius 2 is 2.00 bits per heavy atom. The van der Waals surface area contributed by atoms with Crippen LogP contribution in [0.25, 0.3) is 0 Å². The van der Waals surface area contributed by atoms with Crippen molar-refractivity contribution in [1.29, 1.82) is 0 Å². The molecule has 1 N–H and O–H groups in total. The largest absolute Gasteiger partial charge is 0.508 e. The Hall–Kier alpha value is -1.06. The quantitative estimate of drug-likeness (QED) is 0.894. The van der Waals surface area contributed by atoms with Crippen molar-refractivity contribution in [3.8, 4) is 5.75 Å². The van der Waals surface area contributed by atoms with Gasteiger partial charge in [0, 0.05) is 19.1 Å². The Bertz CT molecular complexity index is 375. The topological polar surface area (TPSA) is 32.7 Å². The predicted octanol–water partition coefficient (Wildman–Crippen LogP) is 2.64. The molecule has 3 nitrogen and oxygen atoms in total. The molecule has 18 heavy (non-hydrogen) atoms. The lowest BCUT2D eigenvalue weighted by Gasteiger charge is -2.40. The molecule has 0 radical (unpaired) electrons. The van der Waals surface area contributed by atoms with Gasteiger partial charge in [0.15, 0.2) is 0 Å². The van der Waals surface area contributed by atoms with E-state index in [4.69, 9.17) is 4.74 Å². The lowest BCUT2D eigenvalue weighted by atomic mass is 10.0. The molecule has 1 aromatic carbocycles. The van der Waals surface area contributed by atoms with E-state index >= 15 is 0 Å². The molecule has 1 aliphatic heterocycles. The molecule has 0 spiro atoms. The van der Waals surface area contributed by atoms with Crippen LogP contribution in [0.3, 0.4) is 0 Å². The summed E-state index contributed by atoms with van der Waals surface area (Å²) in [6, 6.07) is 7.97. The molecule has 2 rings (SSSR count). The first kappa shape index (κ1) is 13.4. The van der Waals surface area contributed by atoms with Gasteiger partial charge in [-0.2, -0.15) is 0 Å². The predicted molar refractivity (Wildman–Crippen MR) is 72.6 cm³/mol. The minimum absolute atomic E-state index is 0.303. The van der Waals surface area contributed by atoms with E-state index in [1.165, 1.54) is 5.56 Å². The molecule has 2 atom stereocenters. The third kappa shape index (κ3) is 3.24. The Kier molecular flexibility index (Phi) is 4.25. The minimum atomic E-state index is 0.303. The van der Waals surface area contributed by atoms with E-state index in [0.29, 0.717) is 23.8 Å². The van der Waals surface area contributed by atoms with Crippen molar-refractivity contribution in [3.05, 3.63) is 29.8 Å². The van der Waals surface area contributed by atoms with Crippen molar-refractivity contribution in [2.45, 2.75) is 39.5 Å². The number of rotatable bonds is 3. The van der Waals surface area contributed by atoms with E-state index in [9.17, 15) is 5.11 Å². The van der Waals surface area contributed by atoms with Crippen LogP contribution < -0.4 is 0 Å². The molecule has 1 aromatic rings. The number of hydrogen-bond acceptors (Lipinski definition) is 3. The fraction of sp³-hybridized carbons (Fsp3) is 0.600. The van der Waals surface area contributed by atoms with Gasteiger partial charge in [-0.1, -0.05) is 26.0 Å². The van der Waals surface area contributed by atoms with Gasteiger partial charge in [-0.05, 0) is 30.5 Å². The van der Waals surface area contributed by atoms with Crippen LogP contribution in [0.1, 0.15) is 26.3 Å². The molecule has 1 fully saturated rings. The summed E-state index contributed by atoms with van der Waals surface area (Å²) in [4.78, 5) is 2.49. The van der Waals surface area contributed by atoms with E-state index in [-0.39, 0.29) is 0 Å². The highest BCUT2D eigenvalue weighted by atomic mass is 16.5. The van der Waals surface area contributed by atoms with Gasteiger partial charge in [0.2, 0.25) is 0 Å². The summed E-state index contributed by atoms with van der Waals surface area (Å²) in [5.74, 6) is 0.920. The summed E-state index contributed by atoms with van der Waals surface area (Å²) in [7, 11) is 0. The first-order chi connectivity index (χ1) is 8.56. The van der Waals surface area contributed by atoms with E-state index in [1.807, 2.05) is 12.1 Å². The molecule has 0 amide bonds. The Morgan fingerprint density at radius 1 is 1.33 bits per heavy atom. The fourth-order valence-corrected chi connectivity index (χ4v) is 2.52. The molecule has 0 bridgehead atoms. The third-order valence-electron chi connectivity index (χ3n) is 3.60. The van der Waals surface area contributed by atoms with Crippen LogP contribution in [-0.4, -0.2) is 35.3 Å². The Morgan fingerprint density at radius 3 is 2.61 bits per heavy atom. The Balaban J connectivity index is 2.06. The molecular weight excluding hydrogens is 226 g/mol. The van der Waals surface area contributed by atoms with Crippen molar-refractivity contribution < 1.29 is 9.84 Å². The van der Waals surface area contributed by atoms with Gasteiger partial charge in [-0.25, -0.2) is 0 Å². The lowest BCUT2D eigenvalue weighted by Crippen LogP contribution is -2.50. The molecule has 1 saturated heterocycles. The molecule has 0 aromatic heterocycles. The standard InChI is InChI=1S/C15H23NO2/c1-11(2)15-10-18-12(3)8-16(15)9-13-4-6-14(17)7-5-13/h4-7,11-12,15,17H,8-10H2,1-3H3. The van der Waals surface area contributed by atoms with E-state index in [2.05, 4.69) is 25.7 Å². The van der Waals surface area contributed by atoms with Crippen molar-refractivity contribution in [1.82, 2.24) is 4.90 Å². The maximum Gasteiger partial charge on any atom is 0.115 e. The van der Waals surface area contributed by atoms with Crippen LogP contribution in [0, 0.1) is 5.92 Å². The van der Waals surface area contributed by atoms with Gasteiger partial charge in [0.05, 0.1) is 12.7 Å². The smallest absolute Gasteiger partial charge is 0.115 e. The second-order valence-electron chi connectivity index (χ2n) is 5.55. The number of phenolic OH excluding ortho intramolecular Hbond substituents is 1. The maximum absolute atomic E-state index is 9.31. The number of nitrogens with zero attached hydrogens (tertiary/aromatic N) is 1. The average Bonchev–Trinajstić information content (AvgIpc) is 2.32. The highest BCUT2D eigenvalue weighted by Crippen LogP contribution is 2.21. The minimum Gasteiger partial charge on any atom is -0.508 e. The van der Waals surface area contributed by atoms with Crippen LogP contribution in [0.15, 0.2) is 24.3 Å². The van der Waals surface area contributed by atoms with Gasteiger partial charge < -0.3 is 9.84 Å². The molecule has 3 heteroatoms. The van der Waals surface area contributed by atoms with E-state index < -0.39 is 0 Å². The van der Waals surface area contributed by atoms with E-state index in [1.54, 1.807) is 12.1 Å². The van der Waals surface area contributed by atoms with Crippen LogP contribution in [0.2, 0.25) is 0 Å². The van der Waals surface area contributed by atoms with Crippen LogP contribution in [0.5, 0.6) is 5.75 Å². The molecule has 100 valence electrons. The zero-order chi connectivity index (χ0) is 13.1. The van der Waals surface area contributed by atoms with Crippen LogP contribution in [-0.2, 0) is 11.3 Å². The average molecular weight is 249 g/mol. The maximum atomic E-state index is 9.31. The lowest BCUT2D eigenvalue weighted by molar-refractivity contribution is -0.0714. The third-order valence-corrected chi connectivity index (χ3v) is 3.60. The summed E-state index contributed by atoms with van der Waals surface area (Å²) in [5, 5.41) is 9.31. The first-order valence-electron chi connectivity index (χ1n) is 6.70. The molecule has 0 saturated carbocycles. The van der Waals surface area contributed by atoms with Gasteiger partial charge in [0.1, 0.15) is 5.75 Å². The molecule has 1 heterocycles.